The molecule has 0 radical (unpaired) electrons. The molecule has 0 bridgehead atoms. The molecule has 0 fully saturated rings. The fourth-order valence-electron chi connectivity index (χ4n) is 4.86. The molecule has 39 heavy (non-hydrogen) atoms. The highest BCUT2D eigenvalue weighted by molar-refractivity contribution is 6.13. The fourth-order valence-corrected chi connectivity index (χ4v) is 4.86. The van der Waals surface area contributed by atoms with Gasteiger partial charge >= 0.3 is 0 Å². The Morgan fingerprint density at radius 1 is 0.846 bits per heavy atom. The number of amides is 1. The van der Waals surface area contributed by atoms with E-state index in [0.717, 1.165) is 32.7 Å². The third kappa shape index (κ3) is 4.97. The third-order valence-electron chi connectivity index (χ3n) is 6.96. The molecule has 5 rings (SSSR count). The van der Waals surface area contributed by atoms with Gasteiger partial charge in [0.05, 0.1) is 28.4 Å². The highest BCUT2D eigenvalue weighted by Gasteiger charge is 2.19. The molecule has 1 amide bonds. The summed E-state index contributed by atoms with van der Waals surface area (Å²) in [5, 5.41) is 3.88. The zero-order valence-electron chi connectivity index (χ0n) is 22.7. The van der Waals surface area contributed by atoms with Crippen LogP contribution in [0.1, 0.15) is 11.1 Å². The maximum atomic E-state index is 12.9. The lowest BCUT2D eigenvalue weighted by Gasteiger charge is -2.20. The normalized spacial score (nSPS) is 12.2. The Morgan fingerprint density at radius 3 is 2.33 bits per heavy atom. The maximum Gasteiger partial charge on any atom is 0.246 e. The predicted molar refractivity (Wildman–Crippen MR) is 151 cm³/mol. The van der Waals surface area contributed by atoms with E-state index in [1.54, 1.807) is 52.5 Å². The zero-order chi connectivity index (χ0) is 27.5. The van der Waals surface area contributed by atoms with E-state index < -0.39 is 0 Å². The van der Waals surface area contributed by atoms with Gasteiger partial charge in [-0.1, -0.05) is 18.2 Å². The monoisotopic (exact) mass is 529 g/mol. The summed E-state index contributed by atoms with van der Waals surface area (Å²) < 4.78 is 33.4. The molecule has 0 atom stereocenters. The van der Waals surface area contributed by atoms with Crippen molar-refractivity contribution in [3.8, 4) is 34.5 Å². The van der Waals surface area contributed by atoms with E-state index in [1.165, 1.54) is 0 Å². The van der Waals surface area contributed by atoms with E-state index in [9.17, 15) is 4.79 Å². The van der Waals surface area contributed by atoms with Crippen LogP contribution < -0.4 is 28.4 Å². The van der Waals surface area contributed by atoms with Crippen LogP contribution in [0.5, 0.6) is 34.5 Å². The molecular weight excluding hydrogens is 498 g/mol. The summed E-state index contributed by atoms with van der Waals surface area (Å²) in [6, 6.07) is 15.6. The number of nitrogens with zero attached hydrogens (tertiary/aromatic N) is 1. The van der Waals surface area contributed by atoms with E-state index >= 15 is 0 Å². The summed E-state index contributed by atoms with van der Waals surface area (Å²) in [4.78, 5) is 14.6. The predicted octanol–water partition coefficient (Wildman–Crippen LogP) is 5.47. The van der Waals surface area contributed by atoms with Crippen molar-refractivity contribution in [2.24, 2.45) is 0 Å². The number of likely N-dealkylation sites (N-methyl/N-ethyl adjacent to an activating group) is 1. The summed E-state index contributed by atoms with van der Waals surface area (Å²) in [6.45, 7) is 0.728. The molecule has 0 unspecified atom stereocenters. The molecule has 1 aliphatic rings. The summed E-state index contributed by atoms with van der Waals surface area (Å²) in [6.07, 6.45) is 3.97. The second kappa shape index (κ2) is 11.0. The number of benzene rings is 4. The quantitative estimate of drug-likeness (QED) is 0.210. The van der Waals surface area contributed by atoms with Crippen molar-refractivity contribution in [2.45, 2.75) is 6.42 Å². The van der Waals surface area contributed by atoms with Gasteiger partial charge in [0.25, 0.3) is 0 Å². The van der Waals surface area contributed by atoms with Crippen LogP contribution in [0.2, 0.25) is 0 Å². The molecule has 0 spiro atoms. The lowest BCUT2D eigenvalue weighted by atomic mass is 9.95. The Balaban J connectivity index is 1.44. The molecule has 0 aromatic heterocycles. The summed E-state index contributed by atoms with van der Waals surface area (Å²) in [5.74, 6) is 3.85. The van der Waals surface area contributed by atoms with Crippen LogP contribution in [-0.4, -0.2) is 59.6 Å². The van der Waals surface area contributed by atoms with Gasteiger partial charge in [-0.05, 0) is 70.1 Å². The minimum Gasteiger partial charge on any atom is -0.493 e. The van der Waals surface area contributed by atoms with Crippen LogP contribution in [0.15, 0.2) is 54.6 Å². The van der Waals surface area contributed by atoms with Gasteiger partial charge in [0, 0.05) is 25.1 Å². The largest absolute Gasteiger partial charge is 0.493 e. The molecule has 8 heteroatoms. The van der Waals surface area contributed by atoms with Crippen molar-refractivity contribution in [3.63, 3.8) is 0 Å². The first-order chi connectivity index (χ1) is 19.0. The van der Waals surface area contributed by atoms with Crippen LogP contribution >= 0.6 is 0 Å². The first-order valence-corrected chi connectivity index (χ1v) is 12.5. The van der Waals surface area contributed by atoms with Gasteiger partial charge in [0.1, 0.15) is 0 Å². The van der Waals surface area contributed by atoms with Crippen molar-refractivity contribution >= 4 is 33.5 Å². The average Bonchev–Trinajstić information content (AvgIpc) is 3.45. The Kier molecular flexibility index (Phi) is 7.36. The smallest absolute Gasteiger partial charge is 0.246 e. The number of fused-ring (bicyclic) bond motifs is 4. The van der Waals surface area contributed by atoms with Gasteiger partial charge in [-0.2, -0.15) is 0 Å². The molecule has 1 heterocycles. The molecule has 8 nitrogen and oxygen atoms in total. The van der Waals surface area contributed by atoms with Crippen LogP contribution in [0, 0.1) is 0 Å². The molecule has 202 valence electrons. The van der Waals surface area contributed by atoms with Gasteiger partial charge < -0.3 is 33.3 Å². The average molecular weight is 530 g/mol. The number of hydrogen-bond donors (Lipinski definition) is 0. The zero-order valence-corrected chi connectivity index (χ0v) is 22.7. The van der Waals surface area contributed by atoms with Crippen LogP contribution in [0.4, 0.5) is 0 Å². The first-order valence-electron chi connectivity index (χ1n) is 12.5. The lowest BCUT2D eigenvalue weighted by molar-refractivity contribution is -0.124. The molecule has 1 aliphatic heterocycles. The van der Waals surface area contributed by atoms with Gasteiger partial charge in [0.15, 0.2) is 34.5 Å². The summed E-state index contributed by atoms with van der Waals surface area (Å²) >= 11 is 0. The molecule has 0 N–H and O–H groups in total. The molecule has 4 aromatic rings. The molecule has 0 aliphatic carbocycles. The number of rotatable bonds is 9. The molecule has 0 saturated heterocycles. The van der Waals surface area contributed by atoms with Crippen molar-refractivity contribution in [2.75, 3.05) is 48.8 Å². The standard InChI is InChI=1S/C31H31NO7/c1-32(29(33)11-7-19-6-10-24-27(14-19)39-18-38-24)13-12-21-16-28(36-4)31(37-5)30-22(21)9-8-20-15-25(34-2)26(35-3)17-23(20)30/h6-11,14-17H,12-13,18H2,1-5H3/b11-7+. The van der Waals surface area contributed by atoms with Crippen molar-refractivity contribution in [1.29, 1.82) is 0 Å². The van der Waals surface area contributed by atoms with Crippen LogP contribution in [-0.2, 0) is 11.2 Å². The lowest BCUT2D eigenvalue weighted by Crippen LogP contribution is -2.27. The number of methoxy groups -OCH3 is 4. The van der Waals surface area contributed by atoms with Crippen molar-refractivity contribution in [1.82, 2.24) is 4.90 Å². The Hall–Kier alpha value is -4.59. The maximum absolute atomic E-state index is 12.9. The van der Waals surface area contributed by atoms with Gasteiger partial charge in [0.2, 0.25) is 12.7 Å². The minimum atomic E-state index is -0.0975. The van der Waals surface area contributed by atoms with E-state index in [2.05, 4.69) is 12.1 Å². The molecule has 4 aromatic carbocycles. The topological polar surface area (TPSA) is 75.7 Å². The third-order valence-corrected chi connectivity index (χ3v) is 6.96. The summed E-state index contributed by atoms with van der Waals surface area (Å²) in [7, 11) is 8.29. The van der Waals surface area contributed by atoms with Gasteiger partial charge in [-0.15, -0.1) is 0 Å². The number of carbonyl (C=O) groups is 1. The highest BCUT2D eigenvalue weighted by atomic mass is 16.7. The van der Waals surface area contributed by atoms with Crippen molar-refractivity contribution < 1.29 is 33.2 Å². The second-order valence-electron chi connectivity index (χ2n) is 9.14. The number of carbonyl (C=O) groups excluding carboxylic acids is 1. The first kappa shape index (κ1) is 26.0. The van der Waals surface area contributed by atoms with Gasteiger partial charge in [-0.3, -0.25) is 4.79 Å². The van der Waals surface area contributed by atoms with E-state index in [-0.39, 0.29) is 12.7 Å². The molecule has 0 saturated carbocycles. The van der Waals surface area contributed by atoms with E-state index in [4.69, 9.17) is 28.4 Å². The highest BCUT2D eigenvalue weighted by Crippen LogP contribution is 2.44. The molecular formula is C31H31NO7. The summed E-state index contributed by atoms with van der Waals surface area (Å²) in [5.41, 5.74) is 1.91. The Labute approximate surface area is 227 Å². The second-order valence-corrected chi connectivity index (χ2v) is 9.14. The van der Waals surface area contributed by atoms with Crippen LogP contribution in [0.25, 0.3) is 27.6 Å². The van der Waals surface area contributed by atoms with Crippen molar-refractivity contribution in [3.05, 3.63) is 65.7 Å². The fraction of sp³-hybridized carbons (Fsp3) is 0.258. The van der Waals surface area contributed by atoms with Crippen LogP contribution in [0.3, 0.4) is 0 Å². The van der Waals surface area contributed by atoms with Gasteiger partial charge in [-0.25, -0.2) is 0 Å². The Bertz CT molecular complexity index is 1580. The number of hydrogen-bond acceptors (Lipinski definition) is 7. The Morgan fingerprint density at radius 2 is 1.59 bits per heavy atom. The SMILES string of the molecule is COc1cc2ccc3c(CCN(C)C(=O)/C=C/c4ccc5c(c4)OCO5)cc(OC)c(OC)c3c2cc1OC. The van der Waals surface area contributed by atoms with E-state index in [1.807, 2.05) is 36.4 Å². The minimum absolute atomic E-state index is 0.0975. The number of ether oxygens (including phenoxy) is 6. The van der Waals surface area contributed by atoms with E-state index in [0.29, 0.717) is 47.5 Å².